The number of benzene rings is 2. The summed E-state index contributed by atoms with van der Waals surface area (Å²) in [4.78, 5) is 14.6. The Morgan fingerprint density at radius 3 is 2.60 bits per heavy atom. The fourth-order valence-electron chi connectivity index (χ4n) is 5.20. The van der Waals surface area contributed by atoms with Crippen LogP contribution in [0.25, 0.3) is 0 Å². The summed E-state index contributed by atoms with van der Waals surface area (Å²) in [6.45, 7) is 6.10. The molecule has 0 saturated carbocycles. The van der Waals surface area contributed by atoms with Crippen molar-refractivity contribution in [2.45, 2.75) is 32.0 Å². The number of fused-ring (bicyclic) bond motifs is 3. The maximum absolute atomic E-state index is 13.2. The molecular formula is C24H26FNO4. The van der Waals surface area contributed by atoms with Crippen LogP contribution in [0.2, 0.25) is 0 Å². The highest BCUT2D eigenvalue weighted by molar-refractivity contribution is 5.94. The molecule has 5 nitrogen and oxygen atoms in total. The van der Waals surface area contributed by atoms with Crippen LogP contribution >= 0.6 is 0 Å². The molecule has 0 bridgehead atoms. The minimum Gasteiger partial charge on any atom is -0.493 e. The van der Waals surface area contributed by atoms with Crippen molar-refractivity contribution in [3.05, 3.63) is 59.4 Å². The van der Waals surface area contributed by atoms with Gasteiger partial charge >= 0.3 is 0 Å². The van der Waals surface area contributed by atoms with E-state index in [1.54, 1.807) is 19.2 Å². The molecule has 30 heavy (non-hydrogen) atoms. The Morgan fingerprint density at radius 1 is 1.17 bits per heavy atom. The molecule has 5 rings (SSSR count). The van der Waals surface area contributed by atoms with Gasteiger partial charge in [-0.05, 0) is 50.6 Å². The van der Waals surface area contributed by atoms with Crippen LogP contribution in [0.4, 0.5) is 4.39 Å². The van der Waals surface area contributed by atoms with Crippen molar-refractivity contribution in [2.75, 3.05) is 26.8 Å². The first-order valence-electron chi connectivity index (χ1n) is 10.3. The van der Waals surface area contributed by atoms with Crippen LogP contribution in [0.5, 0.6) is 11.5 Å². The molecule has 2 fully saturated rings. The largest absolute Gasteiger partial charge is 0.493 e. The highest BCUT2D eigenvalue weighted by atomic mass is 19.1. The maximum Gasteiger partial charge on any atom is 0.253 e. The number of carbonyl (C=O) groups is 1. The number of hydrogen-bond donors (Lipinski definition) is 0. The number of halogens is 1. The van der Waals surface area contributed by atoms with Gasteiger partial charge in [-0.1, -0.05) is 12.1 Å². The lowest BCUT2D eigenvalue weighted by Gasteiger charge is -2.58. The fraction of sp³-hybridized carbons (Fsp3) is 0.458. The summed E-state index contributed by atoms with van der Waals surface area (Å²) in [7, 11) is 1.65. The van der Waals surface area contributed by atoms with Crippen LogP contribution < -0.4 is 9.47 Å². The predicted octanol–water partition coefficient (Wildman–Crippen LogP) is 4.23. The van der Waals surface area contributed by atoms with Gasteiger partial charge in [-0.15, -0.1) is 0 Å². The zero-order valence-corrected chi connectivity index (χ0v) is 17.5. The lowest BCUT2D eigenvalue weighted by Crippen LogP contribution is -2.65. The molecule has 158 valence electrons. The Balaban J connectivity index is 1.34. The van der Waals surface area contributed by atoms with Gasteiger partial charge in [0.25, 0.3) is 5.91 Å². The van der Waals surface area contributed by atoms with E-state index >= 15 is 0 Å². The summed E-state index contributed by atoms with van der Waals surface area (Å²) in [5.74, 6) is 1.27. The fourth-order valence-corrected chi connectivity index (χ4v) is 5.20. The zero-order valence-electron chi connectivity index (χ0n) is 17.5. The molecule has 3 heterocycles. The third-order valence-electron chi connectivity index (χ3n) is 6.81. The van der Waals surface area contributed by atoms with E-state index < -0.39 is 5.60 Å². The number of para-hydroxylation sites is 1. The molecule has 1 spiro atoms. The van der Waals surface area contributed by atoms with E-state index in [1.165, 1.54) is 12.1 Å². The molecule has 0 aliphatic carbocycles. The summed E-state index contributed by atoms with van der Waals surface area (Å²) in [6, 6.07) is 11.7. The van der Waals surface area contributed by atoms with Gasteiger partial charge in [-0.25, -0.2) is 4.39 Å². The number of likely N-dealkylation sites (tertiary alicyclic amines) is 1. The average Bonchev–Trinajstić information content (AvgIpc) is 2.71. The van der Waals surface area contributed by atoms with Gasteiger partial charge in [0.05, 0.1) is 19.8 Å². The Labute approximate surface area is 175 Å². The first kappa shape index (κ1) is 19.4. The van der Waals surface area contributed by atoms with E-state index in [1.807, 2.05) is 23.1 Å². The highest BCUT2D eigenvalue weighted by Crippen LogP contribution is 2.56. The van der Waals surface area contributed by atoms with Crippen molar-refractivity contribution < 1.29 is 23.4 Å². The Kier molecular flexibility index (Phi) is 4.33. The first-order valence-corrected chi connectivity index (χ1v) is 10.3. The van der Waals surface area contributed by atoms with Gasteiger partial charge in [0.15, 0.2) is 11.5 Å². The second kappa shape index (κ2) is 6.71. The van der Waals surface area contributed by atoms with Crippen LogP contribution in [-0.2, 0) is 4.74 Å². The van der Waals surface area contributed by atoms with Gasteiger partial charge in [-0.2, -0.15) is 0 Å². The lowest BCUT2D eigenvalue weighted by atomic mass is 9.64. The molecule has 0 radical (unpaired) electrons. The average molecular weight is 411 g/mol. The topological polar surface area (TPSA) is 48.0 Å². The van der Waals surface area contributed by atoms with Crippen molar-refractivity contribution in [3.8, 4) is 11.5 Å². The second-order valence-corrected chi connectivity index (χ2v) is 9.29. The van der Waals surface area contributed by atoms with Gasteiger partial charge in [0.1, 0.15) is 11.4 Å². The molecule has 0 aromatic heterocycles. The molecule has 2 aromatic rings. The first-order chi connectivity index (χ1) is 14.3. The van der Waals surface area contributed by atoms with Crippen LogP contribution in [0.1, 0.15) is 42.3 Å². The van der Waals surface area contributed by atoms with E-state index in [0.717, 1.165) is 23.5 Å². The standard InChI is InChI=1S/C24H26FNO4/c1-23(2)18-11-24(12-26(13-24)22(27)15-7-9-16(25)10-8-15)14-29-20(18)17-5-4-6-19(28-3)21(17)30-23/h4-10,18,20H,11-14H2,1-3H3/t18-,20+/m0/s1. The van der Waals surface area contributed by atoms with Gasteiger partial charge in [0.2, 0.25) is 0 Å². The molecule has 3 aliphatic rings. The van der Waals surface area contributed by atoms with Crippen LogP contribution in [-0.4, -0.2) is 43.2 Å². The summed E-state index contributed by atoms with van der Waals surface area (Å²) >= 11 is 0. The van der Waals surface area contributed by atoms with Crippen molar-refractivity contribution in [1.29, 1.82) is 0 Å². The van der Waals surface area contributed by atoms with Crippen LogP contribution in [0, 0.1) is 17.2 Å². The number of methoxy groups -OCH3 is 1. The summed E-state index contributed by atoms with van der Waals surface area (Å²) in [6.07, 6.45) is 0.875. The summed E-state index contributed by atoms with van der Waals surface area (Å²) < 4.78 is 31.5. The number of rotatable bonds is 2. The van der Waals surface area contributed by atoms with Gasteiger partial charge in [-0.3, -0.25) is 4.79 Å². The van der Waals surface area contributed by atoms with Crippen molar-refractivity contribution in [1.82, 2.24) is 4.90 Å². The van der Waals surface area contributed by atoms with Gasteiger partial charge < -0.3 is 19.1 Å². The van der Waals surface area contributed by atoms with Crippen LogP contribution in [0.15, 0.2) is 42.5 Å². The van der Waals surface area contributed by atoms with Crippen LogP contribution in [0.3, 0.4) is 0 Å². The molecule has 2 aromatic carbocycles. The Bertz CT molecular complexity index is 981. The molecule has 1 amide bonds. The molecule has 0 N–H and O–H groups in total. The third kappa shape index (κ3) is 2.97. The molecule has 2 atom stereocenters. The Morgan fingerprint density at radius 2 is 1.90 bits per heavy atom. The van der Waals surface area contributed by atoms with Crippen molar-refractivity contribution in [3.63, 3.8) is 0 Å². The summed E-state index contributed by atoms with van der Waals surface area (Å²) in [5, 5.41) is 0. The predicted molar refractivity (Wildman–Crippen MR) is 109 cm³/mol. The minimum absolute atomic E-state index is 0.0497. The van der Waals surface area contributed by atoms with E-state index in [4.69, 9.17) is 14.2 Å². The lowest BCUT2D eigenvalue weighted by molar-refractivity contribution is -0.192. The normalized spacial score (nSPS) is 25.5. The molecule has 6 heteroatoms. The number of nitrogens with zero attached hydrogens (tertiary/aromatic N) is 1. The third-order valence-corrected chi connectivity index (χ3v) is 6.81. The minimum atomic E-state index is -0.416. The monoisotopic (exact) mass is 411 g/mol. The SMILES string of the molecule is COc1cccc2c1OC(C)(C)[C@H]1CC3(CO[C@H]21)CN(C(=O)c1ccc(F)cc1)C3. The summed E-state index contributed by atoms with van der Waals surface area (Å²) in [5.41, 5.74) is 1.07. The molecule has 3 aliphatic heterocycles. The van der Waals surface area contributed by atoms with E-state index in [2.05, 4.69) is 13.8 Å². The molecule has 0 unspecified atom stereocenters. The zero-order chi connectivity index (χ0) is 21.1. The smallest absolute Gasteiger partial charge is 0.253 e. The number of hydrogen-bond acceptors (Lipinski definition) is 4. The number of carbonyl (C=O) groups excluding carboxylic acids is 1. The maximum atomic E-state index is 13.2. The number of ether oxygens (including phenoxy) is 3. The van der Waals surface area contributed by atoms with Gasteiger partial charge in [0, 0.05) is 35.5 Å². The number of amides is 1. The Hall–Kier alpha value is -2.60. The molecule has 2 saturated heterocycles. The quantitative estimate of drug-likeness (QED) is 0.742. The van der Waals surface area contributed by atoms with E-state index in [-0.39, 0.29) is 29.2 Å². The van der Waals surface area contributed by atoms with Crippen molar-refractivity contribution >= 4 is 5.91 Å². The second-order valence-electron chi connectivity index (χ2n) is 9.29. The van der Waals surface area contributed by atoms with E-state index in [9.17, 15) is 9.18 Å². The highest BCUT2D eigenvalue weighted by Gasteiger charge is 2.57. The van der Waals surface area contributed by atoms with Crippen molar-refractivity contribution in [2.24, 2.45) is 11.3 Å². The van der Waals surface area contributed by atoms with E-state index in [0.29, 0.717) is 25.3 Å². The molecular weight excluding hydrogens is 385 g/mol.